The van der Waals surface area contributed by atoms with Gasteiger partial charge in [0.05, 0.1) is 6.54 Å². The van der Waals surface area contributed by atoms with Gasteiger partial charge in [0.1, 0.15) is 0 Å². The monoisotopic (exact) mass is 447 g/mol. The van der Waals surface area contributed by atoms with Gasteiger partial charge in [-0.05, 0) is 62.4 Å². The molecule has 29 heavy (non-hydrogen) atoms. The molecular weight excluding hydrogens is 398 g/mol. The van der Waals surface area contributed by atoms with Gasteiger partial charge in [-0.25, -0.2) is 0 Å². The fourth-order valence-electron chi connectivity index (χ4n) is 4.45. The maximum atomic E-state index is 12.5. The van der Waals surface area contributed by atoms with Gasteiger partial charge >= 0.3 is 14.5 Å². The minimum atomic E-state index is -2.14. The molecule has 2 unspecified atom stereocenters. The van der Waals surface area contributed by atoms with Crippen LogP contribution in [0.4, 0.5) is 0 Å². The SMILES string of the molecule is CCO[Si](C)(CCCCNCC(=O)O[Si](C(C)C)(C(C)C)C(C)C)OC(C)CC. The molecule has 0 aliphatic heterocycles. The highest BCUT2D eigenvalue weighted by Gasteiger charge is 2.48. The standard InChI is InChI=1S/C22H49NO4Si2/c1-11-21(9)26-28(10,25-12-2)16-14-13-15-23-17-22(24)27-29(18(3)4,19(5)6)20(7)8/h18-21,23H,11-17H2,1-10H3. The van der Waals surface area contributed by atoms with E-state index in [1.807, 2.05) is 6.92 Å². The van der Waals surface area contributed by atoms with E-state index in [9.17, 15) is 4.79 Å². The Kier molecular flexibility index (Phi) is 13.9. The predicted molar refractivity (Wildman–Crippen MR) is 128 cm³/mol. The first-order valence-corrected chi connectivity index (χ1v) is 16.4. The molecule has 0 aliphatic carbocycles. The Balaban J connectivity index is 4.41. The third kappa shape index (κ3) is 9.64. The summed E-state index contributed by atoms with van der Waals surface area (Å²) in [4.78, 5) is 12.5. The second-order valence-electron chi connectivity index (χ2n) is 9.33. The van der Waals surface area contributed by atoms with Crippen LogP contribution >= 0.6 is 0 Å². The average molecular weight is 448 g/mol. The van der Waals surface area contributed by atoms with E-state index < -0.39 is 16.9 Å². The lowest BCUT2D eigenvalue weighted by molar-refractivity contribution is -0.134. The van der Waals surface area contributed by atoms with Gasteiger partial charge in [0, 0.05) is 12.7 Å². The summed E-state index contributed by atoms with van der Waals surface area (Å²) in [5.74, 6) is -0.0959. The lowest BCUT2D eigenvalue weighted by Crippen LogP contribution is -2.50. The highest BCUT2D eigenvalue weighted by Crippen LogP contribution is 2.42. The number of hydrogen-bond acceptors (Lipinski definition) is 5. The van der Waals surface area contributed by atoms with Gasteiger partial charge < -0.3 is 18.6 Å². The molecule has 0 fully saturated rings. The second kappa shape index (κ2) is 14.0. The summed E-state index contributed by atoms with van der Waals surface area (Å²) in [6.07, 6.45) is 3.31. The highest BCUT2D eigenvalue weighted by molar-refractivity contribution is 6.78. The Bertz CT molecular complexity index is 438. The van der Waals surface area contributed by atoms with Crippen LogP contribution in [0.1, 0.15) is 81.6 Å². The van der Waals surface area contributed by atoms with Gasteiger partial charge in [0.25, 0.3) is 8.32 Å². The fraction of sp³-hybridized carbons (Fsp3) is 0.955. The van der Waals surface area contributed by atoms with Crippen molar-refractivity contribution in [2.75, 3.05) is 19.7 Å². The van der Waals surface area contributed by atoms with Crippen molar-refractivity contribution in [2.45, 2.75) is 117 Å². The van der Waals surface area contributed by atoms with E-state index in [1.165, 1.54) is 0 Å². The van der Waals surface area contributed by atoms with E-state index in [-0.39, 0.29) is 12.1 Å². The molecule has 0 saturated heterocycles. The molecule has 1 N–H and O–H groups in total. The number of hydrogen-bond donors (Lipinski definition) is 1. The molecule has 5 nitrogen and oxygen atoms in total. The van der Waals surface area contributed by atoms with E-state index in [0.717, 1.165) is 31.9 Å². The molecular formula is C22H49NO4Si2. The van der Waals surface area contributed by atoms with Crippen LogP contribution in [0, 0.1) is 0 Å². The molecule has 0 spiro atoms. The Morgan fingerprint density at radius 3 is 1.93 bits per heavy atom. The molecule has 0 aliphatic rings. The third-order valence-electron chi connectivity index (χ3n) is 5.98. The summed E-state index contributed by atoms with van der Waals surface area (Å²) in [6, 6.07) is 0.987. The van der Waals surface area contributed by atoms with Crippen LogP contribution in [0.2, 0.25) is 29.2 Å². The van der Waals surface area contributed by atoms with Gasteiger partial charge in [-0.1, -0.05) is 54.9 Å². The summed E-state index contributed by atoms with van der Waals surface area (Å²) in [5.41, 5.74) is 1.24. The zero-order valence-electron chi connectivity index (χ0n) is 20.9. The van der Waals surface area contributed by atoms with Crippen molar-refractivity contribution < 1.29 is 18.1 Å². The van der Waals surface area contributed by atoms with Crippen molar-refractivity contribution in [1.29, 1.82) is 0 Å². The van der Waals surface area contributed by atoms with Crippen LogP contribution in [0.25, 0.3) is 0 Å². The maximum Gasteiger partial charge on any atom is 0.335 e. The molecule has 0 aromatic heterocycles. The summed E-state index contributed by atoms with van der Waals surface area (Å²) in [7, 11) is -4.24. The number of carbonyl (C=O) groups excluding carboxylic acids is 1. The van der Waals surface area contributed by atoms with Crippen molar-refractivity contribution >= 4 is 22.8 Å². The zero-order valence-corrected chi connectivity index (χ0v) is 22.9. The van der Waals surface area contributed by atoms with Crippen LogP contribution < -0.4 is 5.32 Å². The molecule has 2 atom stereocenters. The van der Waals surface area contributed by atoms with Crippen molar-refractivity contribution in [1.82, 2.24) is 5.32 Å². The van der Waals surface area contributed by atoms with Crippen LogP contribution in [0.15, 0.2) is 0 Å². The van der Waals surface area contributed by atoms with E-state index in [1.54, 1.807) is 0 Å². The fourth-order valence-corrected chi connectivity index (χ4v) is 12.5. The Morgan fingerprint density at radius 1 is 0.931 bits per heavy atom. The predicted octanol–water partition coefficient (Wildman–Crippen LogP) is 6.00. The molecule has 0 rings (SSSR count). The zero-order chi connectivity index (χ0) is 22.7. The highest BCUT2D eigenvalue weighted by atomic mass is 28.4. The second-order valence-corrected chi connectivity index (χ2v) is 18.0. The van der Waals surface area contributed by atoms with Gasteiger partial charge in [0.2, 0.25) is 0 Å². The summed E-state index contributed by atoms with van der Waals surface area (Å²) >= 11 is 0. The topological polar surface area (TPSA) is 56.8 Å². The van der Waals surface area contributed by atoms with Crippen molar-refractivity contribution in [2.24, 2.45) is 0 Å². The summed E-state index contributed by atoms with van der Waals surface area (Å²) in [6.45, 7) is 23.5. The Hall–Kier alpha value is -0.216. The lowest BCUT2D eigenvalue weighted by atomic mass is 10.3. The van der Waals surface area contributed by atoms with Crippen molar-refractivity contribution in [3.05, 3.63) is 0 Å². The molecule has 0 saturated carbocycles. The summed E-state index contributed by atoms with van der Waals surface area (Å²) in [5, 5.41) is 3.28. The van der Waals surface area contributed by atoms with Crippen LogP contribution in [-0.2, 0) is 18.1 Å². The van der Waals surface area contributed by atoms with Gasteiger partial charge in [-0.3, -0.25) is 4.79 Å². The largest absolute Gasteiger partial charge is 0.517 e. The van der Waals surface area contributed by atoms with Crippen molar-refractivity contribution in [3.63, 3.8) is 0 Å². The van der Waals surface area contributed by atoms with E-state index in [4.69, 9.17) is 13.3 Å². The molecule has 0 aromatic rings. The number of carbonyl (C=O) groups is 1. The van der Waals surface area contributed by atoms with E-state index >= 15 is 0 Å². The number of rotatable bonds is 16. The minimum absolute atomic E-state index is 0.0959. The maximum absolute atomic E-state index is 12.5. The molecule has 7 heteroatoms. The minimum Gasteiger partial charge on any atom is -0.517 e. The van der Waals surface area contributed by atoms with Crippen LogP contribution in [-0.4, -0.2) is 48.6 Å². The molecule has 0 radical (unpaired) electrons. The van der Waals surface area contributed by atoms with Gasteiger partial charge in [-0.2, -0.15) is 0 Å². The molecule has 0 aromatic carbocycles. The van der Waals surface area contributed by atoms with Crippen molar-refractivity contribution in [3.8, 4) is 0 Å². The quantitative estimate of drug-likeness (QED) is 0.232. The first kappa shape index (κ1) is 28.8. The van der Waals surface area contributed by atoms with E-state index in [2.05, 4.69) is 67.3 Å². The number of nitrogens with one attached hydrogen (secondary N) is 1. The lowest BCUT2D eigenvalue weighted by Gasteiger charge is -2.41. The van der Waals surface area contributed by atoms with Crippen LogP contribution in [0.5, 0.6) is 0 Å². The smallest absolute Gasteiger partial charge is 0.335 e. The van der Waals surface area contributed by atoms with Gasteiger partial charge in [0.15, 0.2) is 0 Å². The normalized spacial score (nSPS) is 15.8. The van der Waals surface area contributed by atoms with Gasteiger partial charge in [-0.15, -0.1) is 0 Å². The first-order chi connectivity index (χ1) is 13.4. The number of unbranched alkanes of at least 4 members (excludes halogenated alkanes) is 1. The summed E-state index contributed by atoms with van der Waals surface area (Å²) < 4.78 is 18.4. The Labute approximate surface area is 183 Å². The molecule has 0 amide bonds. The van der Waals surface area contributed by atoms with Crippen LogP contribution in [0.3, 0.4) is 0 Å². The average Bonchev–Trinajstić information content (AvgIpc) is 2.61. The Morgan fingerprint density at radius 2 is 1.48 bits per heavy atom. The first-order valence-electron chi connectivity index (χ1n) is 11.7. The third-order valence-corrected chi connectivity index (χ3v) is 15.0. The van der Waals surface area contributed by atoms with E-state index in [0.29, 0.717) is 29.8 Å². The molecule has 0 heterocycles. The molecule has 0 bridgehead atoms. The molecule has 174 valence electrons.